The van der Waals surface area contributed by atoms with Crippen LogP contribution in [0, 0.1) is 5.92 Å². The fourth-order valence-corrected chi connectivity index (χ4v) is 3.80. The Morgan fingerprint density at radius 1 is 1.33 bits per heavy atom. The number of hydrogen-bond donors (Lipinski definition) is 1. The smallest absolute Gasteiger partial charge is 0.194 e. The molecule has 3 unspecified atom stereocenters. The van der Waals surface area contributed by atoms with Crippen LogP contribution in [-0.2, 0) is 0 Å². The molecule has 1 aromatic carbocycles. The highest BCUT2D eigenvalue weighted by Crippen LogP contribution is 2.27. The lowest BCUT2D eigenvalue weighted by Crippen LogP contribution is -2.48. The van der Waals surface area contributed by atoms with E-state index in [2.05, 4.69) is 64.3 Å². The van der Waals surface area contributed by atoms with E-state index < -0.39 is 0 Å². The average Bonchev–Trinajstić information content (AvgIpc) is 2.82. The van der Waals surface area contributed by atoms with E-state index in [0.717, 1.165) is 29.4 Å². The summed E-state index contributed by atoms with van der Waals surface area (Å²) < 4.78 is 1.15. The first kappa shape index (κ1) is 17.1. The van der Waals surface area contributed by atoms with Crippen molar-refractivity contribution in [1.82, 2.24) is 10.2 Å². The zero-order valence-corrected chi connectivity index (χ0v) is 16.5. The van der Waals surface area contributed by atoms with Gasteiger partial charge in [-0.1, -0.05) is 41.1 Å². The van der Waals surface area contributed by atoms with E-state index in [-0.39, 0.29) is 30.0 Å². The van der Waals surface area contributed by atoms with E-state index in [1.165, 1.54) is 18.4 Å². The Kier molecular flexibility index (Phi) is 5.94. The lowest BCUT2D eigenvalue weighted by Gasteiger charge is -2.36. The molecule has 0 amide bonds. The molecule has 21 heavy (non-hydrogen) atoms. The van der Waals surface area contributed by atoms with Gasteiger partial charge in [0.2, 0.25) is 0 Å². The molecule has 2 aliphatic heterocycles. The minimum absolute atomic E-state index is 0. The monoisotopic (exact) mass is 463 g/mol. The van der Waals surface area contributed by atoms with Crippen molar-refractivity contribution in [2.75, 3.05) is 13.1 Å². The number of hydrogen-bond acceptors (Lipinski definition) is 3. The van der Waals surface area contributed by atoms with Crippen molar-refractivity contribution in [1.29, 1.82) is 0 Å². The molecule has 3 rings (SSSR count). The van der Waals surface area contributed by atoms with E-state index in [0.29, 0.717) is 6.04 Å². The molecule has 5 heteroatoms. The first-order valence-electron chi connectivity index (χ1n) is 7.47. The van der Waals surface area contributed by atoms with Crippen molar-refractivity contribution in [3.05, 3.63) is 34.3 Å². The Morgan fingerprint density at radius 2 is 2.10 bits per heavy atom. The maximum atomic E-state index is 4.73. The van der Waals surface area contributed by atoms with Crippen LogP contribution >= 0.6 is 39.9 Å². The Hall–Kier alpha value is -0.300. The Morgan fingerprint density at radius 3 is 2.86 bits per heavy atom. The molecular formula is C16H23BrIN3. The highest BCUT2D eigenvalue weighted by Gasteiger charge is 2.33. The van der Waals surface area contributed by atoms with Gasteiger partial charge in [0.05, 0.1) is 18.6 Å². The molecule has 1 saturated heterocycles. The maximum absolute atomic E-state index is 4.73. The van der Waals surface area contributed by atoms with Gasteiger partial charge >= 0.3 is 0 Å². The molecule has 3 atom stereocenters. The van der Waals surface area contributed by atoms with Gasteiger partial charge < -0.3 is 10.2 Å². The molecule has 0 bridgehead atoms. The lowest BCUT2D eigenvalue weighted by molar-refractivity contribution is 0.210. The number of guanidine groups is 1. The molecule has 0 spiro atoms. The molecular weight excluding hydrogens is 441 g/mol. The van der Waals surface area contributed by atoms with Gasteiger partial charge in [0.25, 0.3) is 0 Å². The fraction of sp³-hybridized carbons (Fsp3) is 0.562. The van der Waals surface area contributed by atoms with Gasteiger partial charge in [-0.25, -0.2) is 0 Å². The van der Waals surface area contributed by atoms with Crippen LogP contribution in [0.2, 0.25) is 0 Å². The van der Waals surface area contributed by atoms with Crippen LogP contribution in [0.15, 0.2) is 33.7 Å². The van der Waals surface area contributed by atoms with Crippen LogP contribution in [0.4, 0.5) is 0 Å². The number of fused-ring (bicyclic) bond motifs is 1. The van der Waals surface area contributed by atoms with Gasteiger partial charge in [-0.2, -0.15) is 0 Å². The van der Waals surface area contributed by atoms with Gasteiger partial charge in [-0.05, 0) is 37.3 Å². The zero-order valence-electron chi connectivity index (χ0n) is 12.6. The number of nitrogens with zero attached hydrogens (tertiary/aromatic N) is 2. The largest absolute Gasteiger partial charge is 0.350 e. The van der Waals surface area contributed by atoms with E-state index in [1.807, 2.05) is 0 Å². The Labute approximate surface area is 152 Å². The maximum Gasteiger partial charge on any atom is 0.194 e. The minimum atomic E-state index is 0. The summed E-state index contributed by atoms with van der Waals surface area (Å²) in [6.45, 7) is 6.63. The predicted molar refractivity (Wildman–Crippen MR) is 102 cm³/mol. The van der Waals surface area contributed by atoms with Crippen LogP contribution in [0.1, 0.15) is 38.3 Å². The highest BCUT2D eigenvalue weighted by atomic mass is 127. The molecule has 2 aliphatic rings. The summed E-state index contributed by atoms with van der Waals surface area (Å²) >= 11 is 3.63. The second-order valence-electron chi connectivity index (χ2n) is 6.04. The van der Waals surface area contributed by atoms with Gasteiger partial charge in [0.15, 0.2) is 5.96 Å². The van der Waals surface area contributed by atoms with Crippen molar-refractivity contribution < 1.29 is 0 Å². The normalized spacial score (nSPS) is 25.7. The minimum Gasteiger partial charge on any atom is -0.350 e. The molecule has 1 N–H and O–H groups in total. The van der Waals surface area contributed by atoms with Crippen LogP contribution < -0.4 is 5.32 Å². The SMILES string of the molecule is CC1CCC2CN=C(NC(C)c3ccccc3Br)N2C1.I. The summed E-state index contributed by atoms with van der Waals surface area (Å²) in [5.41, 5.74) is 1.28. The quantitative estimate of drug-likeness (QED) is 0.666. The summed E-state index contributed by atoms with van der Waals surface area (Å²) in [4.78, 5) is 7.20. The van der Waals surface area contributed by atoms with Crippen LogP contribution in [0.3, 0.4) is 0 Å². The Balaban J connectivity index is 0.00000161. The molecule has 1 fully saturated rings. The number of nitrogens with one attached hydrogen (secondary N) is 1. The average molecular weight is 464 g/mol. The lowest BCUT2D eigenvalue weighted by atomic mass is 9.95. The third-order valence-corrected chi connectivity index (χ3v) is 5.11. The zero-order chi connectivity index (χ0) is 14.1. The second-order valence-corrected chi connectivity index (χ2v) is 6.89. The van der Waals surface area contributed by atoms with Gasteiger partial charge in [0.1, 0.15) is 0 Å². The summed E-state index contributed by atoms with van der Waals surface area (Å²) in [5.74, 6) is 1.86. The van der Waals surface area contributed by atoms with Crippen molar-refractivity contribution in [3.63, 3.8) is 0 Å². The van der Waals surface area contributed by atoms with E-state index in [9.17, 15) is 0 Å². The summed E-state index contributed by atoms with van der Waals surface area (Å²) in [6, 6.07) is 9.28. The molecule has 2 heterocycles. The van der Waals surface area contributed by atoms with Crippen LogP contribution in [0.25, 0.3) is 0 Å². The molecule has 0 aliphatic carbocycles. The summed E-state index contributed by atoms with van der Waals surface area (Å²) in [5, 5.41) is 3.60. The van der Waals surface area contributed by atoms with E-state index in [4.69, 9.17) is 4.99 Å². The first-order valence-corrected chi connectivity index (χ1v) is 8.26. The third-order valence-electron chi connectivity index (χ3n) is 4.38. The molecule has 0 saturated carbocycles. The topological polar surface area (TPSA) is 27.6 Å². The molecule has 0 radical (unpaired) electrons. The highest BCUT2D eigenvalue weighted by molar-refractivity contribution is 14.0. The first-order chi connectivity index (χ1) is 9.65. The van der Waals surface area contributed by atoms with E-state index >= 15 is 0 Å². The number of piperidine rings is 1. The molecule has 1 aromatic rings. The summed E-state index contributed by atoms with van der Waals surface area (Å²) in [7, 11) is 0. The number of halogens is 2. The predicted octanol–water partition coefficient (Wildman–Crippen LogP) is 4.19. The van der Waals surface area contributed by atoms with Crippen molar-refractivity contribution in [2.45, 2.75) is 38.8 Å². The molecule has 116 valence electrons. The van der Waals surface area contributed by atoms with Gasteiger partial charge in [-0.3, -0.25) is 4.99 Å². The number of aliphatic imine (C=N–C) groups is 1. The van der Waals surface area contributed by atoms with Crippen molar-refractivity contribution in [2.24, 2.45) is 10.9 Å². The van der Waals surface area contributed by atoms with Crippen molar-refractivity contribution >= 4 is 45.9 Å². The molecule has 0 aromatic heterocycles. The standard InChI is InChI=1S/C16H22BrN3.HI/c1-11-7-8-13-9-18-16(20(13)10-11)19-12(2)14-5-3-4-6-15(14)17;/h3-6,11-13H,7-10H2,1-2H3,(H,18,19);1H. The number of benzene rings is 1. The van der Waals surface area contributed by atoms with Gasteiger partial charge in [0, 0.05) is 11.0 Å². The number of rotatable bonds is 2. The fourth-order valence-electron chi connectivity index (χ4n) is 3.17. The second kappa shape index (κ2) is 7.31. The molecule has 3 nitrogen and oxygen atoms in total. The summed E-state index contributed by atoms with van der Waals surface area (Å²) in [6.07, 6.45) is 2.61. The van der Waals surface area contributed by atoms with E-state index in [1.54, 1.807) is 0 Å². The third kappa shape index (κ3) is 3.73. The van der Waals surface area contributed by atoms with Crippen LogP contribution in [0.5, 0.6) is 0 Å². The Bertz CT molecular complexity index is 520. The van der Waals surface area contributed by atoms with Gasteiger partial charge in [-0.15, -0.1) is 24.0 Å². The van der Waals surface area contributed by atoms with Crippen molar-refractivity contribution in [3.8, 4) is 0 Å². The van der Waals surface area contributed by atoms with Crippen LogP contribution in [-0.4, -0.2) is 30.0 Å².